The number of nitrogens with one attached hydrogen (secondary N) is 9. The van der Waals surface area contributed by atoms with E-state index >= 15 is 4.79 Å². The number of rotatable bonds is 37. The number of nitrogens with zero attached hydrogens (tertiary/aromatic N) is 4. The van der Waals surface area contributed by atoms with Crippen LogP contribution in [0, 0.1) is 23.7 Å². The van der Waals surface area contributed by atoms with Crippen molar-refractivity contribution in [3.8, 4) is 5.75 Å². The third-order valence-electron chi connectivity index (χ3n) is 16.1. The Kier molecular flexibility index (Phi) is 28.6. The number of phenolic OH excluding ortho intramolecular Hbond substituents is 1. The lowest BCUT2D eigenvalue weighted by Crippen LogP contribution is -2.61. The van der Waals surface area contributed by atoms with Crippen LogP contribution in [0.15, 0.2) is 84.6 Å². The zero-order valence-corrected chi connectivity index (χ0v) is 53.6. The van der Waals surface area contributed by atoms with Gasteiger partial charge in [-0.25, -0.2) is 9.97 Å². The predicted octanol–water partition coefficient (Wildman–Crippen LogP) is -0.671. The molecule has 0 spiro atoms. The second-order valence-corrected chi connectivity index (χ2v) is 24.2. The second kappa shape index (κ2) is 35.9. The average molecular weight is 1290 g/mol. The number of nitrogens with two attached hydrogens (primary N) is 4. The number of aromatic nitrogens is 4. The molecular formula is C63H91N17O13. The van der Waals surface area contributed by atoms with Crippen molar-refractivity contribution in [3.05, 3.63) is 102 Å². The van der Waals surface area contributed by atoms with Crippen molar-refractivity contribution in [2.75, 3.05) is 13.1 Å². The van der Waals surface area contributed by atoms with Crippen molar-refractivity contribution < 1.29 is 63.0 Å². The summed E-state index contributed by atoms with van der Waals surface area (Å²) in [7, 11) is 0. The summed E-state index contributed by atoms with van der Waals surface area (Å²) < 4.78 is 0. The number of aromatic hydroxyl groups is 1. The molecular weight excluding hydrogens is 1200 g/mol. The number of benzene rings is 2. The Labute approximate surface area is 539 Å². The molecule has 5 rings (SSSR count). The van der Waals surface area contributed by atoms with E-state index in [1.54, 1.807) is 58.0 Å². The number of H-pyrrole nitrogens is 2. The molecule has 93 heavy (non-hydrogen) atoms. The van der Waals surface area contributed by atoms with E-state index in [0.29, 0.717) is 36.2 Å². The number of likely N-dealkylation sites (tertiary alicyclic amines) is 1. The van der Waals surface area contributed by atoms with E-state index in [9.17, 15) is 58.2 Å². The van der Waals surface area contributed by atoms with Crippen LogP contribution in [0.1, 0.15) is 122 Å². The molecule has 1 aliphatic rings. The first-order chi connectivity index (χ1) is 44.1. The van der Waals surface area contributed by atoms with Gasteiger partial charge in [-0.15, -0.1) is 0 Å². The first-order valence-electron chi connectivity index (χ1n) is 31.1. The van der Waals surface area contributed by atoms with E-state index in [2.05, 4.69) is 62.1 Å². The Hall–Kier alpha value is -9.58. The Balaban J connectivity index is 1.41. The predicted molar refractivity (Wildman–Crippen MR) is 341 cm³/mol. The summed E-state index contributed by atoms with van der Waals surface area (Å²) in [6, 6.07) is 0.322. The molecule has 30 heteroatoms. The van der Waals surface area contributed by atoms with Gasteiger partial charge >= 0.3 is 5.97 Å². The molecule has 8 amide bonds. The van der Waals surface area contributed by atoms with E-state index in [4.69, 9.17) is 22.9 Å². The summed E-state index contributed by atoms with van der Waals surface area (Å²) in [5.74, 6) is -11.4. The van der Waals surface area contributed by atoms with Crippen LogP contribution in [0.25, 0.3) is 0 Å². The number of ketones is 2. The Morgan fingerprint density at radius 2 is 1.27 bits per heavy atom. The zero-order valence-electron chi connectivity index (χ0n) is 53.6. The van der Waals surface area contributed by atoms with Crippen LogP contribution in [-0.4, -0.2) is 173 Å². The van der Waals surface area contributed by atoms with Crippen molar-refractivity contribution >= 4 is 70.8 Å². The number of phenols is 1. The van der Waals surface area contributed by atoms with Crippen molar-refractivity contribution in [3.63, 3.8) is 0 Å². The van der Waals surface area contributed by atoms with Crippen molar-refractivity contribution in [1.82, 2.24) is 62.1 Å². The molecule has 0 saturated carbocycles. The van der Waals surface area contributed by atoms with Crippen LogP contribution in [-0.2, 0) is 72.0 Å². The van der Waals surface area contributed by atoms with Gasteiger partial charge in [0.1, 0.15) is 53.8 Å². The fourth-order valence-electron chi connectivity index (χ4n) is 10.8. The molecule has 3 heterocycles. The van der Waals surface area contributed by atoms with Gasteiger partial charge in [-0.3, -0.25) is 57.7 Å². The maximum atomic E-state index is 15.1. The SMILES string of the molecule is CC[C@H](C)[C@H](NC(=O)[C@@H](NC(=O)[C@@H](NC(=O)[C@H](CCCN=C(N)N)NC(=O)[C@@H](N)CC(=O)O)C(C)C)c1ccc(O)cc1)C(=O)N[C@@H](Cc1cnc[nH]1)C(=O)N1CCC[C@H]1C(=O)N[C@@H](Cc1ccccc1)C(=O)N[C@@H](Cc1cnc[nH]1)C(=O)C(N)[C@H](CC(C)C)C(C)=O. The molecule has 0 bridgehead atoms. The molecule has 0 radical (unpaired) electrons. The molecule has 19 N–H and O–H groups in total. The number of guanidine groups is 1. The summed E-state index contributed by atoms with van der Waals surface area (Å²) in [6.07, 6.45) is 5.85. The number of aromatic amines is 2. The maximum Gasteiger partial charge on any atom is 0.305 e. The topological polar surface area (TPSA) is 489 Å². The number of aliphatic imine (C=N–C) groups is 1. The van der Waals surface area contributed by atoms with Crippen LogP contribution in [0.4, 0.5) is 0 Å². The Bertz CT molecular complexity index is 3200. The number of carboxylic acid groups (broad SMARTS) is 1. The fourth-order valence-corrected chi connectivity index (χ4v) is 10.8. The summed E-state index contributed by atoms with van der Waals surface area (Å²) in [5, 5.41) is 38.5. The molecule has 4 aromatic rings. The highest BCUT2D eigenvalue weighted by Crippen LogP contribution is 2.24. The quantitative estimate of drug-likeness (QED) is 0.0151. The Morgan fingerprint density at radius 1 is 0.688 bits per heavy atom. The van der Waals surface area contributed by atoms with Crippen molar-refractivity contribution in [1.29, 1.82) is 0 Å². The molecule has 30 nitrogen and oxygen atoms in total. The van der Waals surface area contributed by atoms with Gasteiger partial charge in [-0.2, -0.15) is 0 Å². The summed E-state index contributed by atoms with van der Waals surface area (Å²) in [6.45, 7) is 11.9. The van der Waals surface area contributed by atoms with Crippen LogP contribution >= 0.6 is 0 Å². The first kappa shape index (κ1) is 74.2. The minimum Gasteiger partial charge on any atom is -0.508 e. The highest BCUT2D eigenvalue weighted by Gasteiger charge is 2.42. The van der Waals surface area contributed by atoms with Crippen LogP contribution in [0.3, 0.4) is 0 Å². The molecule has 1 fully saturated rings. The van der Waals surface area contributed by atoms with Gasteiger partial charge in [0.25, 0.3) is 0 Å². The lowest BCUT2D eigenvalue weighted by atomic mass is 9.83. The smallest absolute Gasteiger partial charge is 0.305 e. The average Bonchev–Trinajstić information content (AvgIpc) is 1.82. The normalized spacial score (nSPS) is 16.5. The van der Waals surface area contributed by atoms with E-state index < -0.39 is 144 Å². The molecule has 1 saturated heterocycles. The monoisotopic (exact) mass is 1290 g/mol. The van der Waals surface area contributed by atoms with Gasteiger partial charge in [0.05, 0.1) is 37.2 Å². The number of hydrogen-bond acceptors (Lipinski definition) is 17. The second-order valence-electron chi connectivity index (χ2n) is 24.2. The highest BCUT2D eigenvalue weighted by atomic mass is 16.4. The number of aliphatic carboxylic acids is 1. The third kappa shape index (κ3) is 22.6. The molecule has 0 aliphatic carbocycles. The lowest BCUT2D eigenvalue weighted by molar-refractivity contribution is -0.142. The number of Topliss-reactive ketones (excluding diaryl/α,β-unsaturated/α-hetero) is 2. The van der Waals surface area contributed by atoms with E-state index in [0.717, 1.165) is 0 Å². The van der Waals surface area contributed by atoms with Crippen LogP contribution in [0.5, 0.6) is 5.75 Å². The van der Waals surface area contributed by atoms with E-state index in [-0.39, 0.29) is 80.6 Å². The summed E-state index contributed by atoms with van der Waals surface area (Å²) in [5.41, 5.74) is 24.9. The summed E-state index contributed by atoms with van der Waals surface area (Å²) in [4.78, 5) is 173. The standard InChI is InChI=1S/C63H91N17O13/c1-8-35(6)52(78-61(92)53(38-18-20-41(82)21-19-38)79-59(90)51(34(4)5)77-56(87)44(16-12-22-70-63(66)67)73-55(86)43(64)28-49(83)84)60(91)76-47(27-40-30-69-32-72-40)62(93)80-23-13-17-48(80)58(89)75-46(25-37-14-10-9-11-15-37)57(88)74-45(26-39-29-68-31-71-39)54(85)50(65)42(36(7)81)24-33(2)3/h9-11,14-15,18-21,29-35,42-48,50-53,82H,8,12-13,16-17,22-28,64-65H2,1-7H3,(H,68,71)(H,69,72)(H,73,86)(H,74,88)(H,75,89)(H,76,91)(H,77,87)(H,78,92)(H,79,90)(H,83,84)(H4,66,67,70)/t35-,42+,43-,44-,45-,46-,47-,48-,50?,51-,52-,53-/m0/s1. The van der Waals surface area contributed by atoms with Gasteiger partial charge in [-0.05, 0) is 80.0 Å². The Morgan fingerprint density at radius 3 is 1.83 bits per heavy atom. The molecule has 506 valence electrons. The largest absolute Gasteiger partial charge is 0.508 e. The third-order valence-corrected chi connectivity index (χ3v) is 16.1. The van der Waals surface area contributed by atoms with Gasteiger partial charge in [0.15, 0.2) is 11.7 Å². The molecule has 2 aromatic carbocycles. The van der Waals surface area contributed by atoms with E-state index in [1.165, 1.54) is 61.1 Å². The molecule has 1 aliphatic heterocycles. The molecule has 12 atom stereocenters. The highest BCUT2D eigenvalue weighted by molar-refractivity contribution is 6.00. The first-order valence-corrected chi connectivity index (χ1v) is 31.1. The van der Waals surface area contributed by atoms with Crippen LogP contribution < -0.4 is 60.2 Å². The number of carbonyl (C=O) groups excluding carboxylic acids is 10. The minimum atomic E-state index is -1.60. The van der Waals surface area contributed by atoms with Crippen molar-refractivity contribution in [2.45, 2.75) is 173 Å². The van der Waals surface area contributed by atoms with Gasteiger partial charge < -0.3 is 85.2 Å². The fraction of sp³-hybridized carbons (Fsp3) is 0.524. The van der Waals surface area contributed by atoms with Crippen molar-refractivity contribution in [2.24, 2.45) is 51.6 Å². The zero-order chi connectivity index (χ0) is 68.6. The van der Waals surface area contributed by atoms with E-state index in [1.807, 2.05) is 13.8 Å². The molecule has 1 unspecified atom stereocenters. The van der Waals surface area contributed by atoms with Crippen LogP contribution in [0.2, 0.25) is 0 Å². The van der Waals surface area contributed by atoms with Gasteiger partial charge in [0, 0.05) is 62.1 Å². The molecule has 2 aromatic heterocycles. The summed E-state index contributed by atoms with van der Waals surface area (Å²) >= 11 is 0. The number of amides is 8. The maximum absolute atomic E-state index is 15.1. The lowest BCUT2D eigenvalue weighted by Gasteiger charge is -2.32. The van der Waals surface area contributed by atoms with Gasteiger partial charge in [0.2, 0.25) is 47.3 Å². The number of imidazole rings is 2. The minimum absolute atomic E-state index is 0.0169. The number of carboxylic acids is 1. The number of carbonyl (C=O) groups is 11. The number of hydrogen-bond donors (Lipinski definition) is 15. The van der Waals surface area contributed by atoms with Gasteiger partial charge in [-0.1, -0.05) is 90.4 Å².